The van der Waals surface area contributed by atoms with Crippen molar-refractivity contribution >= 4 is 5.84 Å². The SMILES string of the molecule is CC1=N[C@]2(CCc3c(cccc3-c3ccco3)C2)CN1C. The standard InChI is InChI=1S/C18H20N2O/c1-13-19-18(12-20(13)2)9-8-15-14(11-18)5-3-6-16(15)17-7-4-10-21-17/h3-7,10H,8-9,11-12H2,1-2H3/t18-/m0/s1. The van der Waals surface area contributed by atoms with Gasteiger partial charge in [-0.25, -0.2) is 0 Å². The second-order valence-corrected chi connectivity index (χ2v) is 6.34. The van der Waals surface area contributed by atoms with Crippen LogP contribution in [-0.4, -0.2) is 29.9 Å². The lowest BCUT2D eigenvalue weighted by molar-refractivity contribution is 0.335. The van der Waals surface area contributed by atoms with E-state index < -0.39 is 0 Å². The van der Waals surface area contributed by atoms with Crippen LogP contribution in [0.25, 0.3) is 11.3 Å². The Labute approximate surface area is 125 Å². The Kier molecular flexibility index (Phi) is 2.71. The van der Waals surface area contributed by atoms with Crippen LogP contribution in [0.3, 0.4) is 0 Å². The van der Waals surface area contributed by atoms with E-state index in [0.717, 1.165) is 31.6 Å². The molecule has 1 atom stereocenters. The van der Waals surface area contributed by atoms with E-state index in [4.69, 9.17) is 9.41 Å². The van der Waals surface area contributed by atoms with E-state index in [0.29, 0.717) is 0 Å². The Bertz CT molecular complexity index is 702. The normalized spacial score (nSPS) is 24.3. The van der Waals surface area contributed by atoms with Crippen molar-refractivity contribution < 1.29 is 4.42 Å². The first-order valence-electron chi connectivity index (χ1n) is 7.59. The molecule has 0 fully saturated rings. The van der Waals surface area contributed by atoms with E-state index in [1.807, 2.05) is 12.1 Å². The maximum atomic E-state index is 5.60. The van der Waals surface area contributed by atoms with Crippen molar-refractivity contribution in [2.24, 2.45) is 4.99 Å². The van der Waals surface area contributed by atoms with Crippen LogP contribution in [0.1, 0.15) is 24.5 Å². The topological polar surface area (TPSA) is 28.7 Å². The highest BCUT2D eigenvalue weighted by Gasteiger charge is 2.40. The van der Waals surface area contributed by atoms with Gasteiger partial charge in [-0.2, -0.15) is 0 Å². The number of benzene rings is 1. The third-order valence-electron chi connectivity index (χ3n) is 4.90. The monoisotopic (exact) mass is 280 g/mol. The number of rotatable bonds is 1. The molecule has 0 amide bonds. The van der Waals surface area contributed by atoms with Gasteiger partial charge in [0.15, 0.2) is 0 Å². The molecule has 0 N–H and O–H groups in total. The number of hydrogen-bond acceptors (Lipinski definition) is 3. The molecule has 108 valence electrons. The zero-order chi connectivity index (χ0) is 14.4. The predicted molar refractivity (Wildman–Crippen MR) is 84.6 cm³/mol. The second-order valence-electron chi connectivity index (χ2n) is 6.34. The third-order valence-corrected chi connectivity index (χ3v) is 4.90. The van der Waals surface area contributed by atoms with Crippen LogP contribution in [0.15, 0.2) is 46.0 Å². The number of hydrogen-bond donors (Lipinski definition) is 0. The molecule has 3 nitrogen and oxygen atoms in total. The Balaban J connectivity index is 1.74. The third kappa shape index (κ3) is 1.99. The quantitative estimate of drug-likeness (QED) is 0.799. The van der Waals surface area contributed by atoms with E-state index in [9.17, 15) is 0 Å². The zero-order valence-electron chi connectivity index (χ0n) is 12.6. The molecule has 0 bridgehead atoms. The summed E-state index contributed by atoms with van der Waals surface area (Å²) in [6.07, 6.45) is 4.99. The molecule has 1 aliphatic heterocycles. The summed E-state index contributed by atoms with van der Waals surface area (Å²) in [7, 11) is 2.14. The lowest BCUT2D eigenvalue weighted by Gasteiger charge is -2.33. The predicted octanol–water partition coefficient (Wildman–Crippen LogP) is 3.54. The summed E-state index contributed by atoms with van der Waals surface area (Å²) in [5.41, 5.74) is 4.22. The molecule has 21 heavy (non-hydrogen) atoms. The molecule has 1 spiro atoms. The summed E-state index contributed by atoms with van der Waals surface area (Å²) in [5.74, 6) is 2.15. The molecule has 2 heterocycles. The fraction of sp³-hybridized carbons (Fsp3) is 0.389. The van der Waals surface area contributed by atoms with Crippen LogP contribution in [0.2, 0.25) is 0 Å². The molecule has 2 aliphatic rings. The summed E-state index contributed by atoms with van der Waals surface area (Å²) in [4.78, 5) is 7.25. The Morgan fingerprint density at radius 1 is 1.24 bits per heavy atom. The number of fused-ring (bicyclic) bond motifs is 1. The van der Waals surface area contributed by atoms with Crippen LogP contribution in [0.4, 0.5) is 0 Å². The minimum Gasteiger partial charge on any atom is -0.464 e. The van der Waals surface area contributed by atoms with Crippen molar-refractivity contribution in [1.82, 2.24) is 4.90 Å². The molecule has 4 rings (SSSR count). The minimum absolute atomic E-state index is 0.0909. The van der Waals surface area contributed by atoms with Crippen LogP contribution < -0.4 is 0 Å². The summed E-state index contributed by atoms with van der Waals surface area (Å²) < 4.78 is 5.60. The first-order valence-corrected chi connectivity index (χ1v) is 7.59. The molecule has 0 saturated carbocycles. The van der Waals surface area contributed by atoms with Gasteiger partial charge in [0.05, 0.1) is 17.6 Å². The average molecular weight is 280 g/mol. The highest BCUT2D eigenvalue weighted by molar-refractivity contribution is 5.82. The summed E-state index contributed by atoms with van der Waals surface area (Å²) in [5, 5.41) is 0. The molecular formula is C18H20N2O. The average Bonchev–Trinajstić information content (AvgIpc) is 3.08. The Hall–Kier alpha value is -2.03. The second kappa shape index (κ2) is 4.48. The van der Waals surface area contributed by atoms with Crippen LogP contribution in [0.5, 0.6) is 0 Å². The number of likely N-dealkylation sites (N-methyl/N-ethyl adjacent to an activating group) is 1. The highest BCUT2D eigenvalue weighted by atomic mass is 16.3. The molecule has 1 aliphatic carbocycles. The Morgan fingerprint density at radius 2 is 2.14 bits per heavy atom. The van der Waals surface area contributed by atoms with Crippen molar-refractivity contribution in [2.75, 3.05) is 13.6 Å². The molecular weight excluding hydrogens is 260 g/mol. The highest BCUT2D eigenvalue weighted by Crippen LogP contribution is 2.39. The summed E-state index contributed by atoms with van der Waals surface area (Å²) in [6, 6.07) is 10.6. The van der Waals surface area contributed by atoms with E-state index >= 15 is 0 Å². The van der Waals surface area contributed by atoms with Crippen LogP contribution >= 0.6 is 0 Å². The fourth-order valence-corrected chi connectivity index (χ4v) is 3.81. The lowest BCUT2D eigenvalue weighted by Crippen LogP contribution is -2.39. The fourth-order valence-electron chi connectivity index (χ4n) is 3.81. The smallest absolute Gasteiger partial charge is 0.134 e. The van der Waals surface area contributed by atoms with E-state index in [2.05, 4.69) is 37.1 Å². The first kappa shape index (κ1) is 12.7. The zero-order valence-corrected chi connectivity index (χ0v) is 12.6. The Morgan fingerprint density at radius 3 is 2.86 bits per heavy atom. The lowest BCUT2D eigenvalue weighted by atomic mass is 9.77. The molecule has 0 saturated heterocycles. The van der Waals surface area contributed by atoms with E-state index in [1.54, 1.807) is 6.26 Å². The van der Waals surface area contributed by atoms with Gasteiger partial charge in [-0.05, 0) is 49.4 Å². The maximum Gasteiger partial charge on any atom is 0.134 e. The van der Waals surface area contributed by atoms with Gasteiger partial charge in [0.1, 0.15) is 5.76 Å². The molecule has 2 aromatic rings. The summed E-state index contributed by atoms with van der Waals surface area (Å²) in [6.45, 7) is 3.16. The maximum absolute atomic E-state index is 5.60. The van der Waals surface area contributed by atoms with Gasteiger partial charge < -0.3 is 9.32 Å². The number of aliphatic imine (C=N–C) groups is 1. The van der Waals surface area contributed by atoms with Crippen molar-refractivity contribution in [3.8, 4) is 11.3 Å². The molecule has 1 aromatic carbocycles. The van der Waals surface area contributed by atoms with Gasteiger partial charge in [-0.3, -0.25) is 4.99 Å². The molecule has 0 unspecified atom stereocenters. The van der Waals surface area contributed by atoms with Crippen molar-refractivity contribution in [3.63, 3.8) is 0 Å². The van der Waals surface area contributed by atoms with Gasteiger partial charge in [0.2, 0.25) is 0 Å². The molecule has 1 aromatic heterocycles. The number of furan rings is 1. The van der Waals surface area contributed by atoms with Gasteiger partial charge in [-0.1, -0.05) is 18.2 Å². The van der Waals surface area contributed by atoms with Crippen LogP contribution in [-0.2, 0) is 12.8 Å². The van der Waals surface area contributed by atoms with Crippen molar-refractivity contribution in [1.29, 1.82) is 0 Å². The van der Waals surface area contributed by atoms with E-state index in [-0.39, 0.29) is 5.54 Å². The van der Waals surface area contributed by atoms with Crippen molar-refractivity contribution in [3.05, 3.63) is 47.7 Å². The van der Waals surface area contributed by atoms with Gasteiger partial charge in [0, 0.05) is 19.2 Å². The first-order chi connectivity index (χ1) is 10.2. The van der Waals surface area contributed by atoms with Gasteiger partial charge >= 0.3 is 0 Å². The van der Waals surface area contributed by atoms with Gasteiger partial charge in [-0.15, -0.1) is 0 Å². The van der Waals surface area contributed by atoms with Crippen LogP contribution in [0, 0.1) is 0 Å². The summed E-state index contributed by atoms with van der Waals surface area (Å²) >= 11 is 0. The molecule has 0 radical (unpaired) electrons. The molecule has 3 heteroatoms. The minimum atomic E-state index is 0.0909. The number of amidine groups is 1. The van der Waals surface area contributed by atoms with E-state index in [1.165, 1.54) is 22.5 Å². The largest absolute Gasteiger partial charge is 0.464 e. The number of nitrogens with zero attached hydrogens (tertiary/aromatic N) is 2. The van der Waals surface area contributed by atoms with Crippen molar-refractivity contribution in [2.45, 2.75) is 31.7 Å². The van der Waals surface area contributed by atoms with Gasteiger partial charge in [0.25, 0.3) is 0 Å².